The lowest BCUT2D eigenvalue weighted by atomic mass is 9.84. The topological polar surface area (TPSA) is 33.1 Å². The van der Waals surface area contributed by atoms with Crippen molar-refractivity contribution >= 4 is 16.8 Å². The molecule has 2 heteroatoms. The number of hydrogen-bond donors (Lipinski definition) is 1. The molecule has 1 aliphatic carbocycles. The third-order valence-electron chi connectivity index (χ3n) is 5.53. The van der Waals surface area contributed by atoms with Crippen molar-refractivity contribution in [3.63, 3.8) is 0 Å². The summed E-state index contributed by atoms with van der Waals surface area (Å²) in [5, 5.41) is 13.2. The van der Waals surface area contributed by atoms with Gasteiger partial charge in [-0.15, -0.1) is 0 Å². The highest BCUT2D eigenvalue weighted by molar-refractivity contribution is 5.96. The molecule has 0 atom stereocenters. The maximum absolute atomic E-state index is 10.9. The highest BCUT2D eigenvalue weighted by Gasteiger charge is 2.24. The van der Waals surface area contributed by atoms with E-state index in [0.29, 0.717) is 5.92 Å². The first-order valence-electron chi connectivity index (χ1n) is 9.80. The Morgan fingerprint density at radius 1 is 1.07 bits per heavy atom. The van der Waals surface area contributed by atoms with E-state index >= 15 is 0 Å². The monoisotopic (exact) mass is 357 g/mol. The van der Waals surface area contributed by atoms with E-state index in [-0.39, 0.29) is 0 Å². The maximum atomic E-state index is 10.9. The Morgan fingerprint density at radius 3 is 2.63 bits per heavy atom. The predicted octanol–water partition coefficient (Wildman–Crippen LogP) is 6.21. The first kappa shape index (κ1) is 17.9. The van der Waals surface area contributed by atoms with Crippen molar-refractivity contribution < 1.29 is 5.11 Å². The molecule has 3 aromatic rings. The Balaban J connectivity index is 1.99. The van der Waals surface area contributed by atoms with Crippen LogP contribution in [0, 0.1) is 0 Å². The van der Waals surface area contributed by atoms with Crippen LogP contribution in [-0.4, -0.2) is 10.1 Å². The first-order valence-corrected chi connectivity index (χ1v) is 9.80. The van der Waals surface area contributed by atoms with Crippen molar-refractivity contribution in [2.45, 2.75) is 52.1 Å². The quantitative estimate of drug-likeness (QED) is 0.604. The lowest BCUT2D eigenvalue weighted by molar-refractivity contribution is 0.0791. The second-order valence-corrected chi connectivity index (χ2v) is 8.39. The Kier molecular flexibility index (Phi) is 4.39. The molecule has 27 heavy (non-hydrogen) atoms. The van der Waals surface area contributed by atoms with Crippen LogP contribution in [0.5, 0.6) is 0 Å². The molecule has 0 unspecified atom stereocenters. The zero-order valence-electron chi connectivity index (χ0n) is 16.6. The van der Waals surface area contributed by atoms with Crippen molar-refractivity contribution in [1.82, 2.24) is 4.98 Å². The number of aliphatic hydroxyl groups is 1. The van der Waals surface area contributed by atoms with Crippen LogP contribution in [0.25, 0.3) is 28.1 Å². The molecule has 1 N–H and O–H groups in total. The number of benzene rings is 2. The molecule has 0 spiro atoms. The Labute approximate surface area is 161 Å². The van der Waals surface area contributed by atoms with Gasteiger partial charge in [0.25, 0.3) is 0 Å². The van der Waals surface area contributed by atoms with E-state index in [2.05, 4.69) is 62.4 Å². The van der Waals surface area contributed by atoms with Crippen LogP contribution in [0.4, 0.5) is 0 Å². The normalized spacial score (nSPS) is 14.0. The first-order chi connectivity index (χ1) is 12.8. The van der Waals surface area contributed by atoms with Gasteiger partial charge in [0, 0.05) is 17.1 Å². The summed E-state index contributed by atoms with van der Waals surface area (Å²) in [5.41, 5.74) is 5.87. The highest BCUT2D eigenvalue weighted by Crippen LogP contribution is 2.38. The lowest BCUT2D eigenvalue weighted by Crippen LogP contribution is -2.18. The summed E-state index contributed by atoms with van der Waals surface area (Å²) in [6, 6.07) is 13.1. The van der Waals surface area contributed by atoms with Crippen molar-refractivity contribution in [2.24, 2.45) is 0 Å². The fourth-order valence-electron chi connectivity index (χ4n) is 3.95. The highest BCUT2D eigenvalue weighted by atomic mass is 16.3. The number of rotatable bonds is 3. The van der Waals surface area contributed by atoms with Crippen LogP contribution in [-0.2, 0) is 12.0 Å². The third kappa shape index (κ3) is 3.30. The molecular formula is C25H27NO. The second-order valence-electron chi connectivity index (χ2n) is 8.39. The molecule has 4 rings (SSSR count). The van der Waals surface area contributed by atoms with Crippen molar-refractivity contribution in [2.75, 3.05) is 0 Å². The molecule has 0 saturated heterocycles. The van der Waals surface area contributed by atoms with Crippen LogP contribution < -0.4 is 0 Å². The van der Waals surface area contributed by atoms with Gasteiger partial charge in [-0.25, -0.2) is 0 Å². The van der Waals surface area contributed by atoms with Gasteiger partial charge < -0.3 is 5.11 Å². The number of fused-ring (bicyclic) bond motifs is 2. The minimum atomic E-state index is -0.933. The summed E-state index contributed by atoms with van der Waals surface area (Å²) < 4.78 is 0. The van der Waals surface area contributed by atoms with Crippen molar-refractivity contribution in [3.8, 4) is 11.3 Å². The maximum Gasteiger partial charge on any atom is 0.0847 e. The molecule has 2 nitrogen and oxygen atoms in total. The molecule has 0 bridgehead atoms. The van der Waals surface area contributed by atoms with Gasteiger partial charge in [-0.1, -0.05) is 44.2 Å². The van der Waals surface area contributed by atoms with Crippen molar-refractivity contribution in [1.29, 1.82) is 0 Å². The minimum Gasteiger partial charge on any atom is -0.386 e. The average molecular weight is 357 g/mol. The molecule has 0 amide bonds. The number of nitrogens with zero attached hydrogens (tertiary/aromatic N) is 1. The number of aryl methyl sites for hydroxylation is 1. The van der Waals surface area contributed by atoms with Gasteiger partial charge in [0.05, 0.1) is 11.3 Å². The standard InChI is InChI=1S/C25H27NO/c1-16(2)17-9-10-21-20(13-17)11-12-26-24(21)22-14-18-7-5-6-8-19(18)15-23(22)25(3,4)27/h6,8-16,27H,5,7H2,1-4H3. The Hall–Kier alpha value is -2.45. The molecule has 1 heterocycles. The van der Waals surface area contributed by atoms with E-state index < -0.39 is 5.60 Å². The molecule has 0 fully saturated rings. The number of aromatic nitrogens is 1. The molecule has 0 saturated carbocycles. The fraction of sp³-hybridized carbons (Fsp3) is 0.320. The van der Waals surface area contributed by atoms with Crippen molar-refractivity contribution in [3.05, 3.63) is 70.9 Å². The number of pyridine rings is 1. The van der Waals surface area contributed by atoms with Crippen LogP contribution >= 0.6 is 0 Å². The summed E-state index contributed by atoms with van der Waals surface area (Å²) in [6.45, 7) is 8.14. The molecule has 1 aliphatic rings. The van der Waals surface area contributed by atoms with Gasteiger partial charge in [-0.05, 0) is 78.4 Å². The molecule has 138 valence electrons. The lowest BCUT2D eigenvalue weighted by Gasteiger charge is -2.25. The van der Waals surface area contributed by atoms with Gasteiger partial charge >= 0.3 is 0 Å². The predicted molar refractivity (Wildman–Crippen MR) is 114 cm³/mol. The zero-order chi connectivity index (χ0) is 19.2. The van der Waals surface area contributed by atoms with Gasteiger partial charge in [-0.2, -0.15) is 0 Å². The molecular weight excluding hydrogens is 330 g/mol. The summed E-state index contributed by atoms with van der Waals surface area (Å²) in [5.74, 6) is 0.494. The largest absolute Gasteiger partial charge is 0.386 e. The van der Waals surface area contributed by atoms with Gasteiger partial charge in [0.2, 0.25) is 0 Å². The molecule has 2 aromatic carbocycles. The van der Waals surface area contributed by atoms with E-state index in [1.807, 2.05) is 20.0 Å². The van der Waals surface area contributed by atoms with Gasteiger partial charge in [-0.3, -0.25) is 4.98 Å². The van der Waals surface area contributed by atoms with Crippen LogP contribution in [0.15, 0.2) is 48.7 Å². The average Bonchev–Trinajstić information content (AvgIpc) is 2.65. The molecule has 0 radical (unpaired) electrons. The number of hydrogen-bond acceptors (Lipinski definition) is 2. The minimum absolute atomic E-state index is 0.494. The van der Waals surface area contributed by atoms with E-state index in [9.17, 15) is 5.11 Å². The summed E-state index contributed by atoms with van der Waals surface area (Å²) in [4.78, 5) is 4.75. The van der Waals surface area contributed by atoms with Gasteiger partial charge in [0.1, 0.15) is 0 Å². The van der Waals surface area contributed by atoms with E-state index in [4.69, 9.17) is 4.98 Å². The van der Waals surface area contributed by atoms with Crippen LogP contribution in [0.3, 0.4) is 0 Å². The summed E-state index contributed by atoms with van der Waals surface area (Å²) in [7, 11) is 0. The SMILES string of the molecule is CC(C)c1ccc2c(-c3cc4c(cc3C(C)(C)O)C=CCC4)nccc2c1. The smallest absolute Gasteiger partial charge is 0.0847 e. The second kappa shape index (κ2) is 6.61. The third-order valence-corrected chi connectivity index (χ3v) is 5.53. The van der Waals surface area contributed by atoms with Gasteiger partial charge in [0.15, 0.2) is 0 Å². The summed E-state index contributed by atoms with van der Waals surface area (Å²) in [6.07, 6.45) is 8.36. The Morgan fingerprint density at radius 2 is 1.89 bits per heavy atom. The van der Waals surface area contributed by atoms with E-state index in [1.54, 1.807) is 0 Å². The molecule has 1 aromatic heterocycles. The Bertz CT molecular complexity index is 1040. The zero-order valence-corrected chi connectivity index (χ0v) is 16.6. The van der Waals surface area contributed by atoms with Crippen LogP contribution in [0.2, 0.25) is 0 Å². The number of allylic oxidation sites excluding steroid dienone is 1. The summed E-state index contributed by atoms with van der Waals surface area (Å²) >= 11 is 0. The van der Waals surface area contributed by atoms with E-state index in [0.717, 1.165) is 35.0 Å². The van der Waals surface area contributed by atoms with Crippen LogP contribution in [0.1, 0.15) is 62.3 Å². The van der Waals surface area contributed by atoms with E-state index in [1.165, 1.54) is 22.1 Å². The molecule has 0 aliphatic heterocycles. The fourth-order valence-corrected chi connectivity index (χ4v) is 3.95.